The standard InChI is InChI=1S/C21H19F2N3O5/c1-10-7-21(4-5-21)31-15-9-25-8-12(17(27)18(28)16(25)20(30)26(10)15)19(29)24-14-3-2-11(22)6-13(14)23/h2-3,6,8,10,15,28H,4-5,7,9H2,1H3,(H,24,29)/t10-,15+/m1/s1. The van der Waals surface area contributed by atoms with Gasteiger partial charge >= 0.3 is 0 Å². The summed E-state index contributed by atoms with van der Waals surface area (Å²) in [6, 6.07) is 2.45. The van der Waals surface area contributed by atoms with E-state index in [9.17, 15) is 28.3 Å². The molecule has 2 N–H and O–H groups in total. The van der Waals surface area contributed by atoms with E-state index < -0.39 is 46.4 Å². The lowest BCUT2D eigenvalue weighted by molar-refractivity contribution is -0.165. The molecule has 2 amide bonds. The van der Waals surface area contributed by atoms with E-state index in [0.717, 1.165) is 31.2 Å². The Morgan fingerprint density at radius 1 is 1.29 bits per heavy atom. The molecule has 1 spiro atoms. The van der Waals surface area contributed by atoms with Gasteiger partial charge in [-0.3, -0.25) is 14.4 Å². The number of rotatable bonds is 2. The molecule has 1 saturated heterocycles. The lowest BCUT2D eigenvalue weighted by atomic mass is 10.0. The fourth-order valence-electron chi connectivity index (χ4n) is 4.48. The molecular formula is C21H19F2N3O5. The third kappa shape index (κ3) is 3.09. The molecule has 1 aromatic carbocycles. The maximum Gasteiger partial charge on any atom is 0.276 e. The number of fused-ring (bicyclic) bond motifs is 2. The summed E-state index contributed by atoms with van der Waals surface area (Å²) in [7, 11) is 0. The summed E-state index contributed by atoms with van der Waals surface area (Å²) in [4.78, 5) is 39.8. The van der Waals surface area contributed by atoms with Gasteiger partial charge in [-0.05, 0) is 38.3 Å². The van der Waals surface area contributed by atoms with E-state index >= 15 is 0 Å². The van der Waals surface area contributed by atoms with Crippen LogP contribution in [0.2, 0.25) is 0 Å². The molecule has 3 heterocycles. The first-order valence-corrected chi connectivity index (χ1v) is 9.92. The van der Waals surface area contributed by atoms with Gasteiger partial charge in [-0.2, -0.15) is 0 Å². The number of nitrogens with zero attached hydrogens (tertiary/aromatic N) is 2. The fraction of sp³-hybridized carbons (Fsp3) is 0.381. The summed E-state index contributed by atoms with van der Waals surface area (Å²) < 4.78 is 34.4. The van der Waals surface area contributed by atoms with Crippen molar-refractivity contribution in [3.63, 3.8) is 0 Å². The molecule has 31 heavy (non-hydrogen) atoms. The monoisotopic (exact) mass is 431 g/mol. The van der Waals surface area contributed by atoms with Gasteiger partial charge in [0.2, 0.25) is 5.43 Å². The van der Waals surface area contributed by atoms with Crippen LogP contribution >= 0.6 is 0 Å². The predicted molar refractivity (Wildman–Crippen MR) is 104 cm³/mol. The van der Waals surface area contributed by atoms with E-state index in [-0.39, 0.29) is 29.6 Å². The number of anilines is 1. The number of carbonyl (C=O) groups excluding carboxylic acids is 2. The van der Waals surface area contributed by atoms with Crippen molar-refractivity contribution in [1.29, 1.82) is 0 Å². The minimum absolute atomic E-state index is 0.124. The Hall–Kier alpha value is -3.27. The SMILES string of the molecule is C[C@@H]1CC2(CC2)O[C@H]2Cn3cc(C(=O)Nc4ccc(F)cc4F)c(=O)c(O)c3C(=O)N12. The second kappa shape index (κ2) is 6.61. The Morgan fingerprint density at radius 2 is 2.03 bits per heavy atom. The number of benzene rings is 1. The Bertz CT molecular complexity index is 1190. The number of aromatic hydroxyl groups is 1. The normalized spacial score (nSPS) is 23.3. The third-order valence-electron chi connectivity index (χ3n) is 6.12. The molecule has 2 aliphatic heterocycles. The average molecular weight is 431 g/mol. The minimum Gasteiger partial charge on any atom is -0.503 e. The molecule has 0 unspecified atom stereocenters. The number of pyridine rings is 1. The Labute approximate surface area is 175 Å². The van der Waals surface area contributed by atoms with Gasteiger partial charge in [0.15, 0.2) is 17.7 Å². The van der Waals surface area contributed by atoms with E-state index in [1.807, 2.05) is 6.92 Å². The number of nitrogens with one attached hydrogen (secondary N) is 1. The van der Waals surface area contributed by atoms with Crippen LogP contribution in [0.3, 0.4) is 0 Å². The second-order valence-electron chi connectivity index (χ2n) is 8.32. The maximum absolute atomic E-state index is 13.9. The molecule has 1 aliphatic carbocycles. The topological polar surface area (TPSA) is 101 Å². The zero-order chi connectivity index (χ0) is 22.1. The van der Waals surface area contributed by atoms with Crippen molar-refractivity contribution in [2.45, 2.75) is 50.6 Å². The van der Waals surface area contributed by atoms with Crippen molar-refractivity contribution in [2.24, 2.45) is 0 Å². The molecule has 0 radical (unpaired) electrons. The van der Waals surface area contributed by atoms with Crippen molar-refractivity contribution >= 4 is 17.5 Å². The van der Waals surface area contributed by atoms with E-state index in [2.05, 4.69) is 5.32 Å². The molecule has 0 bridgehead atoms. The van der Waals surface area contributed by atoms with Crippen LogP contribution in [0.4, 0.5) is 14.5 Å². The molecule has 2 aromatic rings. The van der Waals surface area contributed by atoms with Crippen molar-refractivity contribution in [2.75, 3.05) is 5.32 Å². The first kappa shape index (κ1) is 19.7. The summed E-state index contributed by atoms with van der Waals surface area (Å²) in [5.74, 6) is -4.23. The first-order valence-electron chi connectivity index (χ1n) is 9.92. The molecule has 3 aliphatic rings. The van der Waals surface area contributed by atoms with Gasteiger partial charge in [-0.15, -0.1) is 0 Å². The van der Waals surface area contributed by atoms with E-state index in [1.54, 1.807) is 0 Å². The number of carbonyl (C=O) groups is 2. The van der Waals surface area contributed by atoms with Crippen LogP contribution in [-0.4, -0.2) is 44.3 Å². The number of hydrogen-bond donors (Lipinski definition) is 2. The highest BCUT2D eigenvalue weighted by Crippen LogP contribution is 2.49. The third-order valence-corrected chi connectivity index (χ3v) is 6.12. The summed E-state index contributed by atoms with van der Waals surface area (Å²) >= 11 is 0. The highest BCUT2D eigenvalue weighted by Gasteiger charge is 2.55. The Morgan fingerprint density at radius 3 is 2.71 bits per heavy atom. The molecular weight excluding hydrogens is 412 g/mol. The summed E-state index contributed by atoms with van der Waals surface area (Å²) in [6.45, 7) is 2.03. The number of hydrogen-bond acceptors (Lipinski definition) is 5. The Balaban J connectivity index is 1.51. The van der Waals surface area contributed by atoms with Crippen LogP contribution in [0.25, 0.3) is 0 Å². The van der Waals surface area contributed by atoms with Gasteiger partial charge in [-0.1, -0.05) is 0 Å². The van der Waals surface area contributed by atoms with Crippen LogP contribution in [0, 0.1) is 11.6 Å². The van der Waals surface area contributed by atoms with Crippen LogP contribution in [0.15, 0.2) is 29.2 Å². The maximum atomic E-state index is 13.9. The van der Waals surface area contributed by atoms with Crippen molar-refractivity contribution in [3.8, 4) is 5.75 Å². The number of amides is 2. The number of aromatic nitrogens is 1. The molecule has 10 heteroatoms. The van der Waals surface area contributed by atoms with Crippen molar-refractivity contribution < 1.29 is 28.2 Å². The molecule has 2 fully saturated rings. The highest BCUT2D eigenvalue weighted by molar-refractivity contribution is 6.05. The summed E-state index contributed by atoms with van der Waals surface area (Å²) in [5.41, 5.74) is -2.30. The molecule has 162 valence electrons. The average Bonchev–Trinajstić information content (AvgIpc) is 3.44. The quantitative estimate of drug-likeness (QED) is 0.760. The molecule has 1 aromatic heterocycles. The molecule has 2 atom stereocenters. The van der Waals surface area contributed by atoms with E-state index in [0.29, 0.717) is 12.5 Å². The van der Waals surface area contributed by atoms with Gasteiger partial charge in [0.25, 0.3) is 11.8 Å². The van der Waals surface area contributed by atoms with Gasteiger partial charge in [-0.25, -0.2) is 8.78 Å². The van der Waals surface area contributed by atoms with Crippen LogP contribution in [-0.2, 0) is 11.3 Å². The number of halogens is 2. The Kier molecular flexibility index (Phi) is 4.20. The van der Waals surface area contributed by atoms with Crippen LogP contribution in [0.5, 0.6) is 5.75 Å². The lowest BCUT2D eigenvalue weighted by Crippen LogP contribution is -2.59. The van der Waals surface area contributed by atoms with Crippen LogP contribution < -0.4 is 10.7 Å². The lowest BCUT2D eigenvalue weighted by Gasteiger charge is -2.47. The van der Waals surface area contributed by atoms with E-state index in [4.69, 9.17) is 4.74 Å². The highest BCUT2D eigenvalue weighted by atomic mass is 19.1. The smallest absolute Gasteiger partial charge is 0.276 e. The fourth-order valence-corrected chi connectivity index (χ4v) is 4.48. The van der Waals surface area contributed by atoms with Crippen molar-refractivity contribution in [1.82, 2.24) is 9.47 Å². The summed E-state index contributed by atoms with van der Waals surface area (Å²) in [5, 5.41) is 12.7. The van der Waals surface area contributed by atoms with Gasteiger partial charge < -0.3 is 24.6 Å². The summed E-state index contributed by atoms with van der Waals surface area (Å²) in [6.07, 6.45) is 3.08. The minimum atomic E-state index is -1.05. The van der Waals surface area contributed by atoms with Crippen LogP contribution in [0.1, 0.15) is 47.0 Å². The van der Waals surface area contributed by atoms with Crippen molar-refractivity contribution in [3.05, 3.63) is 57.5 Å². The van der Waals surface area contributed by atoms with Gasteiger partial charge in [0.1, 0.15) is 17.2 Å². The molecule has 8 nitrogen and oxygen atoms in total. The zero-order valence-electron chi connectivity index (χ0n) is 16.5. The van der Waals surface area contributed by atoms with Gasteiger partial charge in [0, 0.05) is 18.3 Å². The number of ether oxygens (including phenoxy) is 1. The largest absolute Gasteiger partial charge is 0.503 e. The second-order valence-corrected chi connectivity index (χ2v) is 8.32. The van der Waals surface area contributed by atoms with Gasteiger partial charge in [0.05, 0.1) is 17.8 Å². The predicted octanol–water partition coefficient (Wildman–Crippen LogP) is 2.21. The zero-order valence-corrected chi connectivity index (χ0v) is 16.5. The molecule has 5 rings (SSSR count). The molecule has 1 saturated carbocycles. The first-order chi connectivity index (χ1) is 14.7. The van der Waals surface area contributed by atoms with E-state index in [1.165, 1.54) is 9.47 Å².